The molecule has 1 fully saturated rings. The molecule has 0 bridgehead atoms. The van der Waals surface area contributed by atoms with E-state index in [0.29, 0.717) is 19.5 Å². The molecule has 1 saturated heterocycles. The molecule has 1 N–H and O–H groups in total. The van der Waals surface area contributed by atoms with Crippen molar-refractivity contribution in [3.63, 3.8) is 0 Å². The Bertz CT molecular complexity index is 519. The number of anilines is 1. The van der Waals surface area contributed by atoms with Crippen LogP contribution in [-0.2, 0) is 9.59 Å². The van der Waals surface area contributed by atoms with Crippen LogP contribution in [0.2, 0.25) is 0 Å². The molecule has 0 aromatic heterocycles. The van der Waals surface area contributed by atoms with Gasteiger partial charge in [0.25, 0.3) is 0 Å². The predicted octanol–water partition coefficient (Wildman–Crippen LogP) is 3.11. The Labute approximate surface area is 134 Å². The summed E-state index contributed by atoms with van der Waals surface area (Å²) in [5.74, 6) is -0.764. The van der Waals surface area contributed by atoms with E-state index < -0.39 is 5.92 Å². The fourth-order valence-electron chi connectivity index (χ4n) is 2.53. The van der Waals surface area contributed by atoms with Gasteiger partial charge in [-0.05, 0) is 31.0 Å². The summed E-state index contributed by atoms with van der Waals surface area (Å²) >= 11 is 3.40. The lowest BCUT2D eigenvalue weighted by Crippen LogP contribution is -2.37. The van der Waals surface area contributed by atoms with Crippen LogP contribution in [-0.4, -0.2) is 24.9 Å². The first-order valence-electron chi connectivity index (χ1n) is 7.48. The molecule has 4 nitrogen and oxygen atoms in total. The molecule has 5 heteroatoms. The normalized spacial score (nSPS) is 18.1. The molecule has 2 rings (SSSR count). The van der Waals surface area contributed by atoms with Crippen LogP contribution in [0, 0.1) is 5.92 Å². The van der Waals surface area contributed by atoms with E-state index in [-0.39, 0.29) is 11.8 Å². The molecule has 0 aliphatic carbocycles. The number of rotatable bonds is 6. The summed E-state index contributed by atoms with van der Waals surface area (Å²) in [6, 6.07) is 7.61. The van der Waals surface area contributed by atoms with Crippen molar-refractivity contribution in [2.24, 2.45) is 5.92 Å². The topological polar surface area (TPSA) is 49.4 Å². The molecule has 1 aliphatic heterocycles. The number of hydrogen-bond donors (Lipinski definition) is 1. The van der Waals surface area contributed by atoms with Gasteiger partial charge in [-0.2, -0.15) is 0 Å². The molecule has 1 atom stereocenters. The lowest BCUT2D eigenvalue weighted by atomic mass is 10.1. The van der Waals surface area contributed by atoms with E-state index in [0.717, 1.165) is 29.4 Å². The van der Waals surface area contributed by atoms with E-state index in [2.05, 4.69) is 28.2 Å². The van der Waals surface area contributed by atoms with Gasteiger partial charge in [-0.3, -0.25) is 9.59 Å². The summed E-state index contributed by atoms with van der Waals surface area (Å²) < 4.78 is 0.931. The van der Waals surface area contributed by atoms with E-state index in [4.69, 9.17) is 0 Å². The minimum Gasteiger partial charge on any atom is -0.355 e. The van der Waals surface area contributed by atoms with Crippen LogP contribution in [0.5, 0.6) is 0 Å². The smallest absolute Gasteiger partial charge is 0.239 e. The molecule has 1 aromatic carbocycles. The van der Waals surface area contributed by atoms with Gasteiger partial charge < -0.3 is 10.2 Å². The highest BCUT2D eigenvalue weighted by molar-refractivity contribution is 9.10. The molecular formula is C16H21BrN2O2. The fourth-order valence-corrected chi connectivity index (χ4v) is 2.92. The number of unbranched alkanes of at least 4 members (excludes halogenated alkanes) is 2. The maximum Gasteiger partial charge on any atom is 0.239 e. The third-order valence-corrected chi connectivity index (χ3v) is 4.21. The van der Waals surface area contributed by atoms with Crippen LogP contribution in [0.15, 0.2) is 28.7 Å². The van der Waals surface area contributed by atoms with Crippen LogP contribution in [0.25, 0.3) is 0 Å². The van der Waals surface area contributed by atoms with Gasteiger partial charge in [-0.15, -0.1) is 0 Å². The maximum absolute atomic E-state index is 12.4. The van der Waals surface area contributed by atoms with Gasteiger partial charge >= 0.3 is 0 Å². The van der Waals surface area contributed by atoms with Crippen LogP contribution in [0.3, 0.4) is 0 Å². The molecule has 2 amide bonds. The van der Waals surface area contributed by atoms with Crippen LogP contribution >= 0.6 is 15.9 Å². The van der Waals surface area contributed by atoms with Crippen LogP contribution in [0.4, 0.5) is 5.69 Å². The van der Waals surface area contributed by atoms with E-state index in [1.54, 1.807) is 4.90 Å². The van der Waals surface area contributed by atoms with Crippen LogP contribution < -0.4 is 10.2 Å². The van der Waals surface area contributed by atoms with E-state index in [9.17, 15) is 9.59 Å². The Hall–Kier alpha value is -1.36. The van der Waals surface area contributed by atoms with Crippen molar-refractivity contribution in [3.05, 3.63) is 28.7 Å². The Morgan fingerprint density at radius 1 is 1.43 bits per heavy atom. The quantitative estimate of drug-likeness (QED) is 0.631. The SMILES string of the molecule is CCCCCNC(=O)C1CCN(c2cccc(Br)c2)C1=O. The Morgan fingerprint density at radius 2 is 2.24 bits per heavy atom. The summed E-state index contributed by atoms with van der Waals surface area (Å²) in [6.45, 7) is 3.38. The number of amides is 2. The molecule has 1 aliphatic rings. The van der Waals surface area contributed by atoms with Gasteiger partial charge in [0.2, 0.25) is 11.8 Å². The Morgan fingerprint density at radius 3 is 2.95 bits per heavy atom. The molecule has 0 saturated carbocycles. The Kier molecular flexibility index (Phi) is 5.79. The summed E-state index contributed by atoms with van der Waals surface area (Å²) in [4.78, 5) is 26.2. The number of benzene rings is 1. The van der Waals surface area contributed by atoms with Gasteiger partial charge in [-0.25, -0.2) is 0 Å². The monoisotopic (exact) mass is 352 g/mol. The van der Waals surface area contributed by atoms with Crippen molar-refractivity contribution in [2.75, 3.05) is 18.0 Å². The zero-order chi connectivity index (χ0) is 15.2. The van der Waals surface area contributed by atoms with Crippen molar-refractivity contribution in [2.45, 2.75) is 32.6 Å². The standard InChI is InChI=1S/C16H21BrN2O2/c1-2-3-4-9-18-15(20)14-8-10-19(16(14)21)13-7-5-6-12(17)11-13/h5-7,11,14H,2-4,8-10H2,1H3,(H,18,20). The highest BCUT2D eigenvalue weighted by Gasteiger charge is 2.37. The molecule has 21 heavy (non-hydrogen) atoms. The minimum atomic E-state index is -0.536. The molecule has 1 aromatic rings. The van der Waals surface area contributed by atoms with Crippen molar-refractivity contribution >= 4 is 33.4 Å². The maximum atomic E-state index is 12.4. The van der Waals surface area contributed by atoms with Crippen molar-refractivity contribution in [1.82, 2.24) is 5.32 Å². The highest BCUT2D eigenvalue weighted by atomic mass is 79.9. The summed E-state index contributed by atoms with van der Waals surface area (Å²) in [6.07, 6.45) is 3.78. The molecule has 1 unspecified atom stereocenters. The second kappa shape index (κ2) is 7.59. The minimum absolute atomic E-state index is 0.0962. The average Bonchev–Trinajstić information content (AvgIpc) is 2.85. The number of halogens is 1. The number of hydrogen-bond acceptors (Lipinski definition) is 2. The third kappa shape index (κ3) is 4.06. The van der Waals surface area contributed by atoms with Crippen LogP contribution in [0.1, 0.15) is 32.6 Å². The summed E-state index contributed by atoms with van der Waals surface area (Å²) in [7, 11) is 0. The highest BCUT2D eigenvalue weighted by Crippen LogP contribution is 2.27. The summed E-state index contributed by atoms with van der Waals surface area (Å²) in [5.41, 5.74) is 0.843. The predicted molar refractivity (Wildman–Crippen MR) is 87.1 cm³/mol. The first-order chi connectivity index (χ1) is 10.1. The molecule has 1 heterocycles. The van der Waals surface area contributed by atoms with Gasteiger partial charge in [0.05, 0.1) is 0 Å². The van der Waals surface area contributed by atoms with Gasteiger partial charge in [0.15, 0.2) is 0 Å². The largest absolute Gasteiger partial charge is 0.355 e. The molecular weight excluding hydrogens is 332 g/mol. The summed E-state index contributed by atoms with van der Waals surface area (Å²) in [5, 5.41) is 2.88. The van der Waals surface area contributed by atoms with Gasteiger partial charge in [-0.1, -0.05) is 41.8 Å². The van der Waals surface area contributed by atoms with Gasteiger partial charge in [0, 0.05) is 23.2 Å². The van der Waals surface area contributed by atoms with E-state index in [1.807, 2.05) is 24.3 Å². The lowest BCUT2D eigenvalue weighted by Gasteiger charge is -2.17. The first kappa shape index (κ1) is 16.0. The van der Waals surface area contributed by atoms with E-state index in [1.165, 1.54) is 0 Å². The molecule has 114 valence electrons. The number of carbonyl (C=O) groups excluding carboxylic acids is 2. The molecule has 0 spiro atoms. The van der Waals surface area contributed by atoms with Gasteiger partial charge in [0.1, 0.15) is 5.92 Å². The Balaban J connectivity index is 1.93. The number of nitrogens with one attached hydrogen (secondary N) is 1. The zero-order valence-electron chi connectivity index (χ0n) is 12.3. The fraction of sp³-hybridized carbons (Fsp3) is 0.500. The second-order valence-corrected chi connectivity index (χ2v) is 6.22. The third-order valence-electron chi connectivity index (χ3n) is 3.72. The van der Waals surface area contributed by atoms with Crippen molar-refractivity contribution in [1.29, 1.82) is 0 Å². The molecule has 0 radical (unpaired) electrons. The van der Waals surface area contributed by atoms with Crippen molar-refractivity contribution in [3.8, 4) is 0 Å². The average molecular weight is 353 g/mol. The van der Waals surface area contributed by atoms with Crippen molar-refractivity contribution < 1.29 is 9.59 Å². The first-order valence-corrected chi connectivity index (χ1v) is 8.27. The lowest BCUT2D eigenvalue weighted by molar-refractivity contribution is -0.132. The number of nitrogens with zero attached hydrogens (tertiary/aromatic N) is 1. The zero-order valence-corrected chi connectivity index (χ0v) is 13.9. The van der Waals surface area contributed by atoms with E-state index >= 15 is 0 Å². The second-order valence-electron chi connectivity index (χ2n) is 5.31. The number of carbonyl (C=O) groups is 2.